The molecule has 0 aliphatic heterocycles. The molecule has 5 heteroatoms. The Bertz CT molecular complexity index is 382. The molecular weight excluding hydrogens is 211 g/mol. The van der Waals surface area contributed by atoms with Crippen molar-refractivity contribution in [3.63, 3.8) is 0 Å². The van der Waals surface area contributed by atoms with E-state index in [2.05, 4.69) is 5.32 Å². The Hall–Kier alpha value is -1.62. The predicted octanol–water partition coefficient (Wildman–Crippen LogP) is 1.51. The normalized spacial score (nSPS) is 12.0. The van der Waals surface area contributed by atoms with Crippen LogP contribution in [0.15, 0.2) is 18.2 Å². The number of ether oxygens (including phenoxy) is 1. The number of halogens is 1. The van der Waals surface area contributed by atoms with Crippen LogP contribution in [0, 0.1) is 5.82 Å². The molecule has 1 atom stereocenters. The molecule has 0 saturated carbocycles. The Morgan fingerprint density at radius 1 is 1.62 bits per heavy atom. The van der Waals surface area contributed by atoms with Crippen LogP contribution in [0.25, 0.3) is 0 Å². The summed E-state index contributed by atoms with van der Waals surface area (Å²) in [6.07, 6.45) is 0.537. The van der Waals surface area contributed by atoms with Crippen LogP contribution in [-0.4, -0.2) is 19.1 Å². The highest BCUT2D eigenvalue weighted by Crippen LogP contribution is 2.24. The summed E-state index contributed by atoms with van der Waals surface area (Å²) in [5.41, 5.74) is 5.97. The van der Waals surface area contributed by atoms with E-state index >= 15 is 0 Å². The molecule has 0 spiro atoms. The highest BCUT2D eigenvalue weighted by Gasteiger charge is 2.13. The Morgan fingerprint density at radius 3 is 2.88 bits per heavy atom. The van der Waals surface area contributed by atoms with Crippen molar-refractivity contribution in [2.45, 2.75) is 19.4 Å². The Morgan fingerprint density at radius 2 is 2.31 bits per heavy atom. The maximum atomic E-state index is 12.9. The monoisotopic (exact) mass is 226 g/mol. The molecule has 0 saturated heterocycles. The molecule has 0 aliphatic rings. The molecule has 0 aliphatic carbocycles. The van der Waals surface area contributed by atoms with Gasteiger partial charge in [-0.1, -0.05) is 6.92 Å². The van der Waals surface area contributed by atoms with Gasteiger partial charge in [0.1, 0.15) is 11.6 Å². The molecule has 0 unspecified atom stereocenters. The Labute approximate surface area is 93.6 Å². The quantitative estimate of drug-likeness (QED) is 0.817. The van der Waals surface area contributed by atoms with E-state index in [0.29, 0.717) is 12.1 Å². The van der Waals surface area contributed by atoms with Crippen LogP contribution in [0.2, 0.25) is 0 Å². The molecule has 16 heavy (non-hydrogen) atoms. The van der Waals surface area contributed by atoms with Crippen LogP contribution in [0.5, 0.6) is 5.75 Å². The SMILES string of the molecule is CC[C@H](N)C(=O)Nc1ccc(F)cc1OC. The molecule has 88 valence electrons. The minimum absolute atomic E-state index is 0.275. The summed E-state index contributed by atoms with van der Waals surface area (Å²) in [5.74, 6) is -0.460. The lowest BCUT2D eigenvalue weighted by atomic mass is 10.2. The minimum Gasteiger partial charge on any atom is -0.494 e. The van der Waals surface area contributed by atoms with Crippen molar-refractivity contribution >= 4 is 11.6 Å². The van der Waals surface area contributed by atoms with E-state index in [4.69, 9.17) is 10.5 Å². The fourth-order valence-electron chi connectivity index (χ4n) is 1.18. The molecule has 0 radical (unpaired) electrons. The standard InChI is InChI=1S/C11H15FN2O2/c1-3-8(13)11(15)14-9-5-4-7(12)6-10(9)16-2/h4-6,8H,3,13H2,1-2H3,(H,14,15)/t8-/m0/s1. The van der Waals surface area contributed by atoms with Crippen molar-refractivity contribution in [2.75, 3.05) is 12.4 Å². The van der Waals surface area contributed by atoms with E-state index in [1.54, 1.807) is 0 Å². The number of rotatable bonds is 4. The van der Waals surface area contributed by atoms with E-state index in [1.165, 1.54) is 25.3 Å². The summed E-state index contributed by atoms with van der Waals surface area (Å²) >= 11 is 0. The molecule has 1 amide bonds. The fourth-order valence-corrected chi connectivity index (χ4v) is 1.18. The average Bonchev–Trinajstić information content (AvgIpc) is 2.30. The van der Waals surface area contributed by atoms with Gasteiger partial charge in [0.25, 0.3) is 0 Å². The zero-order chi connectivity index (χ0) is 12.1. The largest absolute Gasteiger partial charge is 0.494 e. The van der Waals surface area contributed by atoms with Crippen LogP contribution in [0.3, 0.4) is 0 Å². The zero-order valence-electron chi connectivity index (χ0n) is 9.29. The molecule has 1 rings (SSSR count). The van der Waals surface area contributed by atoms with Crippen molar-refractivity contribution in [1.82, 2.24) is 0 Å². The molecule has 1 aromatic carbocycles. The van der Waals surface area contributed by atoms with Gasteiger partial charge in [0, 0.05) is 6.07 Å². The van der Waals surface area contributed by atoms with Gasteiger partial charge in [-0.2, -0.15) is 0 Å². The van der Waals surface area contributed by atoms with Gasteiger partial charge in [-0.25, -0.2) is 4.39 Å². The number of amides is 1. The van der Waals surface area contributed by atoms with Gasteiger partial charge < -0.3 is 15.8 Å². The second-order valence-corrected chi connectivity index (χ2v) is 3.35. The third-order valence-corrected chi connectivity index (χ3v) is 2.20. The van der Waals surface area contributed by atoms with Crippen molar-refractivity contribution in [3.05, 3.63) is 24.0 Å². The van der Waals surface area contributed by atoms with Gasteiger partial charge in [-0.15, -0.1) is 0 Å². The second-order valence-electron chi connectivity index (χ2n) is 3.35. The highest BCUT2D eigenvalue weighted by molar-refractivity contribution is 5.95. The number of methoxy groups -OCH3 is 1. The Balaban J connectivity index is 2.84. The lowest BCUT2D eigenvalue weighted by Crippen LogP contribution is -2.34. The van der Waals surface area contributed by atoms with Gasteiger partial charge in [0.2, 0.25) is 5.91 Å². The number of hydrogen-bond donors (Lipinski definition) is 2. The number of nitrogens with one attached hydrogen (secondary N) is 1. The fraction of sp³-hybridized carbons (Fsp3) is 0.364. The molecule has 0 fully saturated rings. The molecule has 0 heterocycles. The number of carbonyl (C=O) groups is 1. The number of carbonyl (C=O) groups excluding carboxylic acids is 1. The summed E-state index contributed by atoms with van der Waals surface area (Å²) in [6.45, 7) is 1.81. The van der Waals surface area contributed by atoms with E-state index in [0.717, 1.165) is 0 Å². The molecule has 4 nitrogen and oxygen atoms in total. The van der Waals surface area contributed by atoms with Crippen molar-refractivity contribution in [3.8, 4) is 5.75 Å². The number of anilines is 1. The first-order chi connectivity index (χ1) is 7.58. The number of benzene rings is 1. The van der Waals surface area contributed by atoms with Crippen LogP contribution in [-0.2, 0) is 4.79 Å². The third-order valence-electron chi connectivity index (χ3n) is 2.20. The van der Waals surface area contributed by atoms with Crippen LogP contribution in [0.4, 0.5) is 10.1 Å². The summed E-state index contributed by atoms with van der Waals surface area (Å²) in [5, 5.41) is 2.58. The van der Waals surface area contributed by atoms with E-state index in [9.17, 15) is 9.18 Å². The lowest BCUT2D eigenvalue weighted by Gasteiger charge is -2.12. The first kappa shape index (κ1) is 12.4. The summed E-state index contributed by atoms with van der Waals surface area (Å²) in [4.78, 5) is 11.5. The second kappa shape index (κ2) is 5.46. The summed E-state index contributed by atoms with van der Waals surface area (Å²) in [7, 11) is 1.41. The first-order valence-corrected chi connectivity index (χ1v) is 4.98. The van der Waals surface area contributed by atoms with Crippen molar-refractivity contribution in [2.24, 2.45) is 5.73 Å². The predicted molar refractivity (Wildman–Crippen MR) is 59.8 cm³/mol. The molecule has 0 aromatic heterocycles. The van der Waals surface area contributed by atoms with Gasteiger partial charge in [-0.3, -0.25) is 4.79 Å². The van der Waals surface area contributed by atoms with Gasteiger partial charge in [-0.05, 0) is 18.6 Å². The van der Waals surface area contributed by atoms with Gasteiger partial charge >= 0.3 is 0 Å². The molecule has 3 N–H and O–H groups in total. The number of nitrogens with two attached hydrogens (primary N) is 1. The summed E-state index contributed by atoms with van der Waals surface area (Å²) in [6, 6.07) is 3.31. The van der Waals surface area contributed by atoms with Crippen LogP contribution >= 0.6 is 0 Å². The van der Waals surface area contributed by atoms with Gasteiger partial charge in [0.05, 0.1) is 18.8 Å². The molecule has 0 bridgehead atoms. The average molecular weight is 226 g/mol. The topological polar surface area (TPSA) is 64.4 Å². The van der Waals surface area contributed by atoms with Crippen molar-refractivity contribution in [1.29, 1.82) is 0 Å². The lowest BCUT2D eigenvalue weighted by molar-refractivity contribution is -0.117. The summed E-state index contributed by atoms with van der Waals surface area (Å²) < 4.78 is 17.8. The third kappa shape index (κ3) is 2.93. The maximum Gasteiger partial charge on any atom is 0.241 e. The number of hydrogen-bond acceptors (Lipinski definition) is 3. The smallest absolute Gasteiger partial charge is 0.241 e. The van der Waals surface area contributed by atoms with Crippen molar-refractivity contribution < 1.29 is 13.9 Å². The molecule has 1 aromatic rings. The van der Waals surface area contributed by atoms with E-state index in [1.807, 2.05) is 6.92 Å². The zero-order valence-corrected chi connectivity index (χ0v) is 9.29. The van der Waals surface area contributed by atoms with Gasteiger partial charge in [0.15, 0.2) is 0 Å². The first-order valence-electron chi connectivity index (χ1n) is 4.98. The van der Waals surface area contributed by atoms with E-state index < -0.39 is 11.9 Å². The Kier molecular flexibility index (Phi) is 4.25. The molecular formula is C11H15FN2O2. The highest BCUT2D eigenvalue weighted by atomic mass is 19.1. The van der Waals surface area contributed by atoms with Crippen LogP contribution < -0.4 is 15.8 Å². The van der Waals surface area contributed by atoms with E-state index in [-0.39, 0.29) is 11.7 Å². The van der Waals surface area contributed by atoms with Crippen LogP contribution in [0.1, 0.15) is 13.3 Å². The maximum absolute atomic E-state index is 12.9. The minimum atomic E-state index is -0.574.